The minimum absolute atomic E-state index is 0.176. The van der Waals surface area contributed by atoms with E-state index >= 15 is 0 Å². The SMILES string of the molecule is O=C(Nc1ccc(Cl)cc1)[C@@H]1[C@@H]2C(=O)N(c3ccc(Cl)cc3Cl)C(=O)[C@H]2[C@H]2C=CC=NN21. The molecule has 0 saturated carbocycles. The average Bonchev–Trinajstić information content (AvgIpc) is 3.23. The van der Waals surface area contributed by atoms with Gasteiger partial charge >= 0.3 is 0 Å². The standard InChI is InChI=1S/C22H15Cl3N4O3/c23-11-3-6-13(7-4-11)27-20(30)19-18-17(16-2-1-9-26-29(16)19)21(31)28(22(18)32)15-8-5-12(24)10-14(15)25/h1-10,16-19H,(H,27,30)/t16-,17+,18-,19+/m1/s1. The number of anilines is 2. The smallest absolute Gasteiger partial charge is 0.249 e. The van der Waals surface area contributed by atoms with Gasteiger partial charge in [-0.3, -0.25) is 19.4 Å². The van der Waals surface area contributed by atoms with Gasteiger partial charge in [-0.2, -0.15) is 5.10 Å². The minimum Gasteiger partial charge on any atom is -0.324 e. The molecule has 0 spiro atoms. The van der Waals surface area contributed by atoms with Crippen LogP contribution in [0.4, 0.5) is 11.4 Å². The van der Waals surface area contributed by atoms with E-state index in [1.807, 2.05) is 0 Å². The number of hydrogen-bond acceptors (Lipinski definition) is 5. The molecule has 5 rings (SSSR count). The van der Waals surface area contributed by atoms with E-state index in [2.05, 4.69) is 10.4 Å². The van der Waals surface area contributed by atoms with Crippen LogP contribution >= 0.6 is 34.8 Å². The molecule has 0 aromatic heterocycles. The molecule has 162 valence electrons. The maximum absolute atomic E-state index is 13.5. The van der Waals surface area contributed by atoms with Crippen molar-refractivity contribution in [2.45, 2.75) is 12.1 Å². The highest BCUT2D eigenvalue weighted by Crippen LogP contribution is 2.46. The molecule has 2 saturated heterocycles. The molecule has 10 heteroatoms. The Hall–Kier alpha value is -2.87. The maximum atomic E-state index is 13.5. The van der Waals surface area contributed by atoms with Gasteiger partial charge in [-0.15, -0.1) is 0 Å². The molecule has 2 aromatic carbocycles. The molecule has 0 unspecified atom stereocenters. The predicted molar refractivity (Wildman–Crippen MR) is 123 cm³/mol. The number of rotatable bonds is 3. The third kappa shape index (κ3) is 3.28. The minimum atomic E-state index is -0.977. The van der Waals surface area contributed by atoms with Gasteiger partial charge in [0.15, 0.2) is 0 Å². The second-order valence-electron chi connectivity index (χ2n) is 7.62. The fourth-order valence-electron chi connectivity index (χ4n) is 4.49. The summed E-state index contributed by atoms with van der Waals surface area (Å²) < 4.78 is 0. The summed E-state index contributed by atoms with van der Waals surface area (Å²) in [6.07, 6.45) is 5.01. The zero-order valence-electron chi connectivity index (χ0n) is 16.3. The van der Waals surface area contributed by atoms with E-state index < -0.39 is 41.6 Å². The van der Waals surface area contributed by atoms with Gasteiger partial charge in [-0.05, 0) is 48.5 Å². The van der Waals surface area contributed by atoms with Crippen LogP contribution in [-0.2, 0) is 14.4 Å². The number of nitrogens with one attached hydrogen (secondary N) is 1. The van der Waals surface area contributed by atoms with E-state index in [1.165, 1.54) is 23.4 Å². The van der Waals surface area contributed by atoms with Crippen LogP contribution in [0.15, 0.2) is 59.7 Å². The quantitative estimate of drug-likeness (QED) is 0.661. The third-order valence-electron chi connectivity index (χ3n) is 5.82. The lowest BCUT2D eigenvalue weighted by Crippen LogP contribution is -2.47. The Kier molecular flexibility index (Phi) is 5.20. The molecule has 32 heavy (non-hydrogen) atoms. The summed E-state index contributed by atoms with van der Waals surface area (Å²) in [5.41, 5.74) is 0.762. The summed E-state index contributed by atoms with van der Waals surface area (Å²) in [4.78, 5) is 41.3. The van der Waals surface area contributed by atoms with Gasteiger partial charge in [0.2, 0.25) is 17.7 Å². The Balaban J connectivity index is 1.52. The number of nitrogens with zero attached hydrogens (tertiary/aromatic N) is 3. The van der Waals surface area contributed by atoms with Crippen molar-refractivity contribution >= 4 is 70.1 Å². The summed E-state index contributed by atoms with van der Waals surface area (Å²) in [6, 6.07) is 9.65. The van der Waals surface area contributed by atoms with Crippen LogP contribution in [0.5, 0.6) is 0 Å². The molecule has 3 aliphatic heterocycles. The number of hydrogen-bond donors (Lipinski definition) is 1. The first kappa shape index (κ1) is 21.0. The molecule has 0 bridgehead atoms. The molecule has 2 fully saturated rings. The highest BCUT2D eigenvalue weighted by atomic mass is 35.5. The lowest BCUT2D eigenvalue weighted by Gasteiger charge is -2.30. The molecule has 2 aromatic rings. The van der Waals surface area contributed by atoms with Gasteiger partial charge in [0.25, 0.3) is 0 Å². The topological polar surface area (TPSA) is 82.1 Å². The Morgan fingerprint density at radius 1 is 0.938 bits per heavy atom. The van der Waals surface area contributed by atoms with Crippen molar-refractivity contribution in [2.24, 2.45) is 16.9 Å². The van der Waals surface area contributed by atoms with Crippen LogP contribution in [0.3, 0.4) is 0 Å². The van der Waals surface area contributed by atoms with Crippen LogP contribution in [-0.4, -0.2) is 41.0 Å². The van der Waals surface area contributed by atoms with Crippen LogP contribution in [0.25, 0.3) is 0 Å². The number of halogens is 3. The van der Waals surface area contributed by atoms with Crippen molar-refractivity contribution in [1.29, 1.82) is 0 Å². The molecule has 3 amide bonds. The first-order valence-electron chi connectivity index (χ1n) is 9.75. The molecular formula is C22H15Cl3N4O3. The number of benzene rings is 2. The predicted octanol–water partition coefficient (Wildman–Crippen LogP) is 4.00. The molecule has 3 heterocycles. The Morgan fingerprint density at radius 3 is 2.34 bits per heavy atom. The summed E-state index contributed by atoms with van der Waals surface area (Å²) in [7, 11) is 0. The number of hydrazone groups is 1. The third-order valence-corrected chi connectivity index (χ3v) is 6.61. The molecule has 7 nitrogen and oxygen atoms in total. The molecule has 0 aliphatic carbocycles. The van der Waals surface area contributed by atoms with E-state index in [4.69, 9.17) is 34.8 Å². The largest absolute Gasteiger partial charge is 0.324 e. The van der Waals surface area contributed by atoms with Gasteiger partial charge in [-0.1, -0.05) is 40.9 Å². The Morgan fingerprint density at radius 2 is 1.62 bits per heavy atom. The monoisotopic (exact) mass is 488 g/mol. The van der Waals surface area contributed by atoms with Gasteiger partial charge in [-0.25, -0.2) is 4.90 Å². The summed E-state index contributed by atoms with van der Waals surface area (Å²) in [5, 5.41) is 9.72. The second-order valence-corrected chi connectivity index (χ2v) is 8.90. The van der Waals surface area contributed by atoms with Crippen molar-refractivity contribution in [1.82, 2.24) is 5.01 Å². The molecule has 0 radical (unpaired) electrons. The number of amides is 3. The lowest BCUT2D eigenvalue weighted by atomic mass is 9.88. The fourth-order valence-corrected chi connectivity index (χ4v) is 5.11. The summed E-state index contributed by atoms with van der Waals surface area (Å²) in [5.74, 6) is -3.07. The summed E-state index contributed by atoms with van der Waals surface area (Å²) >= 11 is 18.2. The first-order valence-corrected chi connectivity index (χ1v) is 10.9. The number of carbonyl (C=O) groups is 3. The van der Waals surface area contributed by atoms with Gasteiger partial charge in [0, 0.05) is 21.9 Å². The Bertz CT molecular complexity index is 1200. The normalized spacial score (nSPS) is 25.8. The van der Waals surface area contributed by atoms with Gasteiger partial charge < -0.3 is 5.32 Å². The summed E-state index contributed by atoms with van der Waals surface area (Å²) in [6.45, 7) is 0. The van der Waals surface area contributed by atoms with Crippen molar-refractivity contribution in [3.63, 3.8) is 0 Å². The zero-order chi connectivity index (χ0) is 22.6. The lowest BCUT2D eigenvalue weighted by molar-refractivity contribution is -0.129. The van der Waals surface area contributed by atoms with Crippen LogP contribution in [0, 0.1) is 11.8 Å². The fraction of sp³-hybridized carbons (Fsp3) is 0.182. The van der Waals surface area contributed by atoms with E-state index in [-0.39, 0.29) is 10.7 Å². The van der Waals surface area contributed by atoms with Crippen LogP contribution < -0.4 is 10.2 Å². The van der Waals surface area contributed by atoms with Crippen molar-refractivity contribution in [3.8, 4) is 0 Å². The van der Waals surface area contributed by atoms with E-state index in [0.29, 0.717) is 15.7 Å². The zero-order valence-corrected chi connectivity index (χ0v) is 18.6. The van der Waals surface area contributed by atoms with Crippen molar-refractivity contribution in [2.75, 3.05) is 10.2 Å². The van der Waals surface area contributed by atoms with Gasteiger partial charge in [0.1, 0.15) is 6.04 Å². The van der Waals surface area contributed by atoms with Crippen molar-refractivity contribution in [3.05, 3.63) is 69.7 Å². The Labute approximate surface area is 198 Å². The van der Waals surface area contributed by atoms with Crippen LogP contribution in [0.2, 0.25) is 15.1 Å². The molecular weight excluding hydrogens is 475 g/mol. The molecule has 1 N–H and O–H groups in total. The number of fused-ring (bicyclic) bond motifs is 3. The second kappa shape index (κ2) is 7.92. The van der Waals surface area contributed by atoms with E-state index in [9.17, 15) is 14.4 Å². The number of allylic oxidation sites excluding steroid dienone is 1. The average molecular weight is 490 g/mol. The number of imide groups is 1. The highest BCUT2D eigenvalue weighted by Gasteiger charge is 2.64. The maximum Gasteiger partial charge on any atom is 0.249 e. The van der Waals surface area contributed by atoms with Crippen molar-refractivity contribution < 1.29 is 14.4 Å². The highest BCUT2D eigenvalue weighted by molar-refractivity contribution is 6.38. The first-order chi connectivity index (χ1) is 15.4. The van der Waals surface area contributed by atoms with E-state index in [0.717, 1.165) is 4.90 Å². The number of carbonyl (C=O) groups excluding carboxylic acids is 3. The van der Waals surface area contributed by atoms with Gasteiger partial charge in [0.05, 0.1) is 28.6 Å². The molecule has 4 atom stereocenters. The van der Waals surface area contributed by atoms with E-state index in [1.54, 1.807) is 42.5 Å². The molecule has 3 aliphatic rings. The van der Waals surface area contributed by atoms with Crippen LogP contribution in [0.1, 0.15) is 0 Å².